The molecule has 4 heteroatoms. The molecule has 0 amide bonds. The zero-order chi connectivity index (χ0) is 15.1. The van der Waals surface area contributed by atoms with E-state index in [4.69, 9.17) is 26.5 Å². The zero-order valence-corrected chi connectivity index (χ0v) is 6.55. The molecule has 0 bridgehead atoms. The van der Waals surface area contributed by atoms with Crippen LogP contribution >= 0.6 is 11.6 Å². The van der Waals surface area contributed by atoms with E-state index in [1.54, 1.807) is 6.07 Å². The Hall–Kier alpha value is -1.14. The van der Waals surface area contributed by atoms with Crippen LogP contribution in [0.4, 0.5) is 0 Å². The van der Waals surface area contributed by atoms with Gasteiger partial charge in [-0.05, 0) is 6.37 Å². The standard InChI is InChI=1S/C8H8ClN3/c1-2-3-7-11-5-6(4-10)8(9)12-7/h5H,2-3H2,1H3/i1D3,2D2,3D2. The molecular formula is C8H8ClN3. The Labute approximate surface area is 85.9 Å². The van der Waals surface area contributed by atoms with Gasteiger partial charge in [-0.15, -0.1) is 0 Å². The van der Waals surface area contributed by atoms with Crippen molar-refractivity contribution in [2.75, 3.05) is 0 Å². The third kappa shape index (κ3) is 1.93. The van der Waals surface area contributed by atoms with Crippen molar-refractivity contribution in [1.29, 1.82) is 5.26 Å². The molecule has 0 atom stereocenters. The summed E-state index contributed by atoms with van der Waals surface area (Å²) in [6, 6.07) is 1.66. The van der Waals surface area contributed by atoms with E-state index < -0.39 is 25.4 Å². The molecule has 0 unspecified atom stereocenters. The minimum absolute atomic E-state index is 0.115. The summed E-state index contributed by atoms with van der Waals surface area (Å²) in [4.78, 5) is 6.94. The molecule has 12 heavy (non-hydrogen) atoms. The maximum Gasteiger partial charge on any atom is 0.150 e. The molecule has 0 saturated heterocycles. The third-order valence-electron chi connectivity index (χ3n) is 1.04. The number of aromatic nitrogens is 2. The van der Waals surface area contributed by atoms with Gasteiger partial charge >= 0.3 is 0 Å². The van der Waals surface area contributed by atoms with Crippen molar-refractivity contribution in [3.63, 3.8) is 0 Å². The largest absolute Gasteiger partial charge is 0.240 e. The van der Waals surface area contributed by atoms with Crippen LogP contribution in [-0.2, 0) is 6.37 Å². The van der Waals surface area contributed by atoms with Gasteiger partial charge in [-0.2, -0.15) is 5.26 Å². The zero-order valence-electron chi connectivity index (χ0n) is 12.8. The molecule has 0 aliphatic heterocycles. The summed E-state index contributed by atoms with van der Waals surface area (Å²) in [5.74, 6) is -0.724. The van der Waals surface area contributed by atoms with Gasteiger partial charge in [-0.1, -0.05) is 18.5 Å². The first-order valence-corrected chi connectivity index (χ1v) is 3.26. The minimum atomic E-state index is -3.21. The Bertz CT molecular complexity index is 534. The first kappa shape index (κ1) is 3.31. The second-order valence-corrected chi connectivity index (χ2v) is 2.12. The molecule has 62 valence electrons. The lowest BCUT2D eigenvalue weighted by Gasteiger charge is -1.97. The summed E-state index contributed by atoms with van der Waals surface area (Å²) in [6.45, 7) is -3.21. The van der Waals surface area contributed by atoms with Crippen molar-refractivity contribution >= 4 is 11.6 Å². The molecule has 1 heterocycles. The molecule has 0 aliphatic rings. The monoisotopic (exact) mass is 188 g/mol. The van der Waals surface area contributed by atoms with E-state index in [9.17, 15) is 0 Å². The predicted octanol–water partition coefficient (Wildman–Crippen LogP) is 1.95. The Kier molecular flexibility index (Phi) is 1.11. The second kappa shape index (κ2) is 4.03. The summed E-state index contributed by atoms with van der Waals surface area (Å²) in [5, 5.41) is 8.27. The summed E-state index contributed by atoms with van der Waals surface area (Å²) < 4.78 is 51.2. The summed E-state index contributed by atoms with van der Waals surface area (Å²) in [6.07, 6.45) is -5.29. The fraction of sp³-hybridized carbons (Fsp3) is 0.375. The SMILES string of the molecule is [2H]C([2H])([2H])C([2H])([2H])C([2H])([2H])c1ncc(C#N)c(Cl)n1. The number of hydrogen-bond acceptors (Lipinski definition) is 3. The first-order valence-electron chi connectivity index (χ1n) is 6.38. The number of nitriles is 1. The topological polar surface area (TPSA) is 49.6 Å². The number of hydrogen-bond donors (Lipinski definition) is 0. The lowest BCUT2D eigenvalue weighted by molar-refractivity contribution is 0.833. The average molecular weight is 189 g/mol. The Morgan fingerprint density at radius 3 is 3.33 bits per heavy atom. The van der Waals surface area contributed by atoms with Crippen molar-refractivity contribution in [3.8, 4) is 6.07 Å². The van der Waals surface area contributed by atoms with Gasteiger partial charge in [0.15, 0.2) is 5.15 Å². The van der Waals surface area contributed by atoms with Gasteiger partial charge in [0.25, 0.3) is 0 Å². The van der Waals surface area contributed by atoms with Crippen LogP contribution in [0.2, 0.25) is 5.15 Å². The predicted molar refractivity (Wildman–Crippen MR) is 45.8 cm³/mol. The molecule has 1 aromatic heterocycles. The fourth-order valence-corrected chi connectivity index (χ4v) is 0.723. The van der Waals surface area contributed by atoms with E-state index >= 15 is 0 Å². The highest BCUT2D eigenvalue weighted by molar-refractivity contribution is 6.30. The Morgan fingerprint density at radius 2 is 2.75 bits per heavy atom. The smallest absolute Gasteiger partial charge is 0.150 e. The van der Waals surface area contributed by atoms with Gasteiger partial charge in [-0.25, -0.2) is 9.97 Å². The highest BCUT2D eigenvalue weighted by Crippen LogP contribution is 2.10. The molecular weight excluding hydrogens is 174 g/mol. The van der Waals surface area contributed by atoms with Crippen LogP contribution in [0.1, 0.15) is 34.2 Å². The van der Waals surface area contributed by atoms with Crippen molar-refractivity contribution < 1.29 is 9.60 Å². The average Bonchev–Trinajstić information content (AvgIpc) is 2.27. The van der Waals surface area contributed by atoms with Crippen molar-refractivity contribution in [3.05, 3.63) is 22.7 Å². The van der Waals surface area contributed by atoms with Crippen molar-refractivity contribution in [2.24, 2.45) is 0 Å². The van der Waals surface area contributed by atoms with Crippen molar-refractivity contribution in [2.45, 2.75) is 19.6 Å². The molecule has 0 aromatic carbocycles. The van der Waals surface area contributed by atoms with E-state index in [1.165, 1.54) is 0 Å². The molecule has 1 aromatic rings. The molecule has 0 N–H and O–H groups in total. The van der Waals surface area contributed by atoms with Gasteiger partial charge in [0.05, 0.1) is 0 Å². The van der Waals surface area contributed by atoms with E-state index in [-0.39, 0.29) is 10.7 Å². The highest BCUT2D eigenvalue weighted by atomic mass is 35.5. The quantitative estimate of drug-likeness (QED) is 0.667. The maximum absolute atomic E-state index is 8.63. The van der Waals surface area contributed by atoms with Gasteiger partial charge < -0.3 is 0 Å². The molecule has 1 rings (SSSR count). The lowest BCUT2D eigenvalue weighted by Crippen LogP contribution is -1.95. The normalized spacial score (nSPS) is 21.5. The molecule has 0 aliphatic carbocycles. The summed E-state index contributed by atoms with van der Waals surface area (Å²) in [7, 11) is 0. The number of halogens is 1. The Morgan fingerprint density at radius 1 is 1.92 bits per heavy atom. The molecule has 0 radical (unpaired) electrons. The first-order chi connectivity index (χ1) is 8.45. The van der Waals surface area contributed by atoms with E-state index in [2.05, 4.69) is 9.97 Å². The lowest BCUT2D eigenvalue weighted by atomic mass is 10.3. The van der Waals surface area contributed by atoms with Crippen LogP contribution in [0.15, 0.2) is 6.20 Å². The van der Waals surface area contributed by atoms with E-state index in [1.807, 2.05) is 0 Å². The van der Waals surface area contributed by atoms with E-state index in [0.717, 1.165) is 6.20 Å². The molecule has 3 nitrogen and oxygen atoms in total. The molecule has 0 fully saturated rings. The van der Waals surface area contributed by atoms with Gasteiger partial charge in [0.1, 0.15) is 17.5 Å². The van der Waals surface area contributed by atoms with Crippen LogP contribution in [0.5, 0.6) is 0 Å². The minimum Gasteiger partial charge on any atom is -0.240 e. The van der Waals surface area contributed by atoms with Crippen LogP contribution in [0.25, 0.3) is 0 Å². The van der Waals surface area contributed by atoms with Crippen LogP contribution in [-0.4, -0.2) is 9.97 Å². The highest BCUT2D eigenvalue weighted by Gasteiger charge is 2.02. The van der Waals surface area contributed by atoms with Gasteiger partial charge in [0, 0.05) is 22.2 Å². The second-order valence-electron chi connectivity index (χ2n) is 1.76. The van der Waals surface area contributed by atoms with Crippen LogP contribution in [0.3, 0.4) is 0 Å². The fourth-order valence-electron chi connectivity index (χ4n) is 0.552. The van der Waals surface area contributed by atoms with Crippen LogP contribution in [0, 0.1) is 11.3 Å². The van der Waals surface area contributed by atoms with Gasteiger partial charge in [0.2, 0.25) is 0 Å². The summed E-state index contributed by atoms with van der Waals surface area (Å²) in [5.41, 5.74) is -0.115. The maximum atomic E-state index is 8.63. The number of rotatable bonds is 2. The van der Waals surface area contributed by atoms with Gasteiger partial charge in [-0.3, -0.25) is 0 Å². The number of aryl methyl sites for hydroxylation is 1. The molecule has 0 saturated carbocycles. The molecule has 0 spiro atoms. The van der Waals surface area contributed by atoms with Crippen molar-refractivity contribution in [1.82, 2.24) is 9.97 Å². The number of nitrogens with zero attached hydrogens (tertiary/aromatic N) is 3. The summed E-state index contributed by atoms with van der Waals surface area (Å²) >= 11 is 5.60. The third-order valence-corrected chi connectivity index (χ3v) is 1.33. The van der Waals surface area contributed by atoms with E-state index in [0.29, 0.717) is 0 Å². The van der Waals surface area contributed by atoms with Crippen LogP contribution < -0.4 is 0 Å². The Balaban J connectivity index is 3.36.